The number of hydrogen-bond donors (Lipinski definition) is 3. The lowest BCUT2D eigenvalue weighted by Gasteiger charge is -2.19. The van der Waals surface area contributed by atoms with Crippen LogP contribution in [0.1, 0.15) is 27.7 Å². The van der Waals surface area contributed by atoms with E-state index in [4.69, 9.17) is 5.11 Å². The summed E-state index contributed by atoms with van der Waals surface area (Å²) in [6.45, 7) is 8.42. The summed E-state index contributed by atoms with van der Waals surface area (Å²) in [6, 6.07) is -0.289. The average molecular weight is 200 g/mol. The molecule has 14 heavy (non-hydrogen) atoms. The van der Waals surface area contributed by atoms with E-state index in [1.54, 1.807) is 6.20 Å². The molecule has 3 N–H and O–H groups in total. The Kier molecular flexibility index (Phi) is 5.23. The largest absolute Gasteiger partial charge is 0.395 e. The van der Waals surface area contributed by atoms with Crippen molar-refractivity contribution < 1.29 is 9.90 Å². The van der Waals surface area contributed by atoms with Crippen molar-refractivity contribution in [2.45, 2.75) is 27.7 Å². The monoisotopic (exact) mass is 200 g/mol. The van der Waals surface area contributed by atoms with Crippen LogP contribution in [-0.2, 0) is 0 Å². The van der Waals surface area contributed by atoms with Gasteiger partial charge in [0.2, 0.25) is 0 Å². The molecule has 0 spiro atoms. The van der Waals surface area contributed by atoms with Crippen LogP contribution in [0.2, 0.25) is 0 Å². The van der Waals surface area contributed by atoms with Crippen molar-refractivity contribution in [2.24, 2.45) is 5.41 Å². The number of amides is 2. The number of urea groups is 1. The number of aliphatic hydroxyl groups excluding tert-OH is 1. The lowest BCUT2D eigenvalue weighted by molar-refractivity contribution is 0.237. The van der Waals surface area contributed by atoms with Crippen molar-refractivity contribution in [3.05, 3.63) is 11.8 Å². The highest BCUT2D eigenvalue weighted by Crippen LogP contribution is 2.23. The molecule has 0 atom stereocenters. The number of hydrogen-bond acceptors (Lipinski definition) is 2. The molecule has 0 aliphatic rings. The maximum absolute atomic E-state index is 11.1. The molecular weight excluding hydrogens is 180 g/mol. The molecule has 0 radical (unpaired) electrons. The summed E-state index contributed by atoms with van der Waals surface area (Å²) in [7, 11) is 0. The minimum absolute atomic E-state index is 0.0462. The van der Waals surface area contributed by atoms with Crippen LogP contribution in [0.3, 0.4) is 0 Å². The predicted molar refractivity (Wildman–Crippen MR) is 56.8 cm³/mol. The van der Waals surface area contributed by atoms with Gasteiger partial charge in [-0.15, -0.1) is 0 Å². The van der Waals surface area contributed by atoms with E-state index < -0.39 is 0 Å². The van der Waals surface area contributed by atoms with Gasteiger partial charge in [-0.1, -0.05) is 26.3 Å². The fourth-order valence-electron chi connectivity index (χ4n) is 0.611. The third-order valence-corrected chi connectivity index (χ3v) is 2.00. The van der Waals surface area contributed by atoms with Crippen LogP contribution < -0.4 is 10.6 Å². The van der Waals surface area contributed by atoms with Crippen molar-refractivity contribution in [1.29, 1.82) is 0 Å². The van der Waals surface area contributed by atoms with E-state index in [1.165, 1.54) is 0 Å². The smallest absolute Gasteiger partial charge is 0.318 e. The zero-order chi connectivity index (χ0) is 11.2. The summed E-state index contributed by atoms with van der Waals surface area (Å²) in [4.78, 5) is 11.1. The van der Waals surface area contributed by atoms with E-state index in [2.05, 4.69) is 31.4 Å². The van der Waals surface area contributed by atoms with Gasteiger partial charge in [-0.05, 0) is 12.3 Å². The van der Waals surface area contributed by atoms with E-state index in [-0.39, 0.29) is 24.6 Å². The zero-order valence-electron chi connectivity index (χ0n) is 9.35. The highest BCUT2D eigenvalue weighted by molar-refractivity contribution is 5.74. The molecular formula is C10H20N2O2. The molecule has 0 aliphatic carbocycles. The van der Waals surface area contributed by atoms with Crippen molar-refractivity contribution in [3.8, 4) is 0 Å². The predicted octanol–water partition coefficient (Wildman–Crippen LogP) is 1.23. The number of nitrogens with one attached hydrogen (secondary N) is 2. The summed E-state index contributed by atoms with van der Waals surface area (Å²) < 4.78 is 0. The topological polar surface area (TPSA) is 61.4 Å². The van der Waals surface area contributed by atoms with Gasteiger partial charge in [0.25, 0.3) is 0 Å². The maximum atomic E-state index is 11.1. The molecule has 0 bridgehead atoms. The van der Waals surface area contributed by atoms with Crippen molar-refractivity contribution in [1.82, 2.24) is 10.6 Å². The summed E-state index contributed by atoms with van der Waals surface area (Å²) in [5.41, 5.74) is 1.15. The Balaban J connectivity index is 3.97. The minimum atomic E-state index is -0.289. The number of rotatable bonds is 3. The number of allylic oxidation sites excluding steroid dienone is 1. The van der Waals surface area contributed by atoms with Gasteiger partial charge >= 0.3 is 6.03 Å². The summed E-state index contributed by atoms with van der Waals surface area (Å²) in [6.07, 6.45) is 1.69. The zero-order valence-corrected chi connectivity index (χ0v) is 9.35. The molecule has 0 saturated heterocycles. The molecule has 0 aromatic heterocycles. The van der Waals surface area contributed by atoms with Crippen LogP contribution in [0.5, 0.6) is 0 Å². The fraction of sp³-hybridized carbons (Fsp3) is 0.700. The molecule has 0 aromatic carbocycles. The minimum Gasteiger partial charge on any atom is -0.395 e. The van der Waals surface area contributed by atoms with Gasteiger partial charge in [0.15, 0.2) is 0 Å². The van der Waals surface area contributed by atoms with Crippen molar-refractivity contribution in [3.63, 3.8) is 0 Å². The van der Waals surface area contributed by atoms with E-state index in [0.717, 1.165) is 5.57 Å². The lowest BCUT2D eigenvalue weighted by atomic mass is 9.88. The molecule has 0 heterocycles. The first-order valence-electron chi connectivity index (χ1n) is 4.70. The molecule has 0 saturated carbocycles. The van der Waals surface area contributed by atoms with Crippen LogP contribution in [0, 0.1) is 5.41 Å². The SMILES string of the molecule is C/C(=C\NC(=O)NCCO)C(C)(C)C. The normalized spacial score (nSPS) is 12.5. The van der Waals surface area contributed by atoms with Gasteiger partial charge in [-0.25, -0.2) is 4.79 Å². The summed E-state index contributed by atoms with van der Waals surface area (Å²) >= 11 is 0. The van der Waals surface area contributed by atoms with E-state index in [9.17, 15) is 4.79 Å². The molecule has 0 fully saturated rings. The molecule has 2 amide bonds. The van der Waals surface area contributed by atoms with E-state index >= 15 is 0 Å². The van der Waals surface area contributed by atoms with E-state index in [0.29, 0.717) is 0 Å². The highest BCUT2D eigenvalue weighted by atomic mass is 16.3. The van der Waals surface area contributed by atoms with Gasteiger partial charge in [0.1, 0.15) is 0 Å². The Morgan fingerprint density at radius 3 is 2.43 bits per heavy atom. The first-order valence-corrected chi connectivity index (χ1v) is 4.70. The van der Waals surface area contributed by atoms with Gasteiger partial charge in [0, 0.05) is 12.7 Å². The molecule has 0 rings (SSSR count). The number of aliphatic hydroxyl groups is 1. The molecule has 0 unspecified atom stereocenters. The Hall–Kier alpha value is -1.03. The summed E-state index contributed by atoms with van der Waals surface area (Å²) in [5, 5.41) is 13.6. The second-order valence-corrected chi connectivity index (χ2v) is 4.20. The lowest BCUT2D eigenvalue weighted by Crippen LogP contribution is -2.34. The standard InChI is InChI=1S/C10H20N2O2/c1-8(10(2,3)4)7-12-9(14)11-5-6-13/h7,13H,5-6H2,1-4H3,(H2,11,12,14)/b8-7+. The first-order chi connectivity index (χ1) is 6.38. The first kappa shape index (κ1) is 13.0. The third-order valence-electron chi connectivity index (χ3n) is 2.00. The molecule has 0 aromatic rings. The van der Waals surface area contributed by atoms with Crippen LogP contribution in [0.15, 0.2) is 11.8 Å². The fourth-order valence-corrected chi connectivity index (χ4v) is 0.611. The molecule has 82 valence electrons. The Morgan fingerprint density at radius 1 is 1.43 bits per heavy atom. The van der Waals surface area contributed by atoms with Crippen LogP contribution in [-0.4, -0.2) is 24.3 Å². The molecule has 0 aliphatic heterocycles. The molecule has 4 heteroatoms. The van der Waals surface area contributed by atoms with Crippen LogP contribution in [0.4, 0.5) is 4.79 Å². The second kappa shape index (κ2) is 5.65. The van der Waals surface area contributed by atoms with Crippen LogP contribution in [0.25, 0.3) is 0 Å². The van der Waals surface area contributed by atoms with Crippen molar-refractivity contribution >= 4 is 6.03 Å². The molecule has 4 nitrogen and oxygen atoms in total. The maximum Gasteiger partial charge on any atom is 0.318 e. The van der Waals surface area contributed by atoms with Crippen molar-refractivity contribution in [2.75, 3.05) is 13.2 Å². The second-order valence-electron chi connectivity index (χ2n) is 4.20. The van der Waals surface area contributed by atoms with Gasteiger partial charge in [-0.2, -0.15) is 0 Å². The van der Waals surface area contributed by atoms with Gasteiger partial charge in [0.05, 0.1) is 6.61 Å². The highest BCUT2D eigenvalue weighted by Gasteiger charge is 2.12. The van der Waals surface area contributed by atoms with E-state index in [1.807, 2.05) is 6.92 Å². The number of carbonyl (C=O) groups is 1. The third kappa shape index (κ3) is 5.59. The van der Waals surface area contributed by atoms with Gasteiger partial charge < -0.3 is 15.7 Å². The quantitative estimate of drug-likeness (QED) is 0.641. The van der Waals surface area contributed by atoms with Crippen LogP contribution >= 0.6 is 0 Å². The number of carbonyl (C=O) groups excluding carboxylic acids is 1. The Morgan fingerprint density at radius 2 is 2.00 bits per heavy atom. The average Bonchev–Trinajstić information content (AvgIpc) is 2.09. The Labute approximate surface area is 85.4 Å². The Bertz CT molecular complexity index is 217. The summed E-state index contributed by atoms with van der Waals surface area (Å²) in [5.74, 6) is 0. The van der Waals surface area contributed by atoms with Gasteiger partial charge in [-0.3, -0.25) is 0 Å².